The zero-order valence-corrected chi connectivity index (χ0v) is 11.1. The third kappa shape index (κ3) is 3.73. The average molecular weight is 234 g/mol. The molecule has 94 valence electrons. The molecule has 0 heterocycles. The molecule has 3 heteroatoms. The topological polar surface area (TPSA) is 36.3 Å². The predicted molar refractivity (Wildman–Crippen MR) is 68.3 cm³/mol. The van der Waals surface area contributed by atoms with Crippen molar-refractivity contribution in [3.05, 3.63) is 0 Å². The smallest absolute Gasteiger partial charge is 0.108 e. The van der Waals surface area contributed by atoms with Crippen molar-refractivity contribution in [2.75, 3.05) is 27.3 Å². The van der Waals surface area contributed by atoms with Gasteiger partial charge in [0, 0.05) is 0 Å². The van der Waals surface area contributed by atoms with Crippen LogP contribution in [0.5, 0.6) is 0 Å². The maximum Gasteiger partial charge on any atom is 0.108 e. The second-order valence-corrected chi connectivity index (χ2v) is 4.92. The summed E-state index contributed by atoms with van der Waals surface area (Å²) in [5.74, 6) is 6.31. The summed E-state index contributed by atoms with van der Waals surface area (Å²) in [6.07, 6.45) is 4.05. The second-order valence-electron chi connectivity index (χ2n) is 4.92. The Morgan fingerprint density at radius 2 is 2.00 bits per heavy atom. The first-order chi connectivity index (χ1) is 8.14. The van der Waals surface area contributed by atoms with Gasteiger partial charge in [-0.25, -0.2) is 0 Å². The first-order valence-corrected chi connectivity index (χ1v) is 6.20. The number of nitrogens with zero attached hydrogens (tertiary/aromatic N) is 2. The molecule has 1 rings (SSSR count). The Balaban J connectivity index is 2.34. The van der Waals surface area contributed by atoms with Gasteiger partial charge >= 0.3 is 0 Å². The van der Waals surface area contributed by atoms with Crippen LogP contribution in [0.25, 0.3) is 0 Å². The normalized spacial score (nSPS) is 28.3. The van der Waals surface area contributed by atoms with E-state index in [1.54, 1.807) is 0 Å². The molecule has 0 radical (unpaired) electrons. The molecule has 0 aromatic carbocycles. The van der Waals surface area contributed by atoms with Gasteiger partial charge in [0.1, 0.15) is 12.1 Å². The van der Waals surface area contributed by atoms with Crippen LogP contribution in [0, 0.1) is 29.1 Å². The van der Waals surface area contributed by atoms with E-state index in [0.29, 0.717) is 12.5 Å². The molecule has 0 aromatic rings. The van der Waals surface area contributed by atoms with Crippen LogP contribution in [-0.2, 0) is 4.74 Å². The monoisotopic (exact) mass is 234 g/mol. The van der Waals surface area contributed by atoms with E-state index in [1.165, 1.54) is 0 Å². The standard InChI is InChI=1S/C14H22N2O/c1-4-5-10-17-11-13-6-8-14(12-15,9-7-13)16(2)3/h13H,6-11H2,1-3H3. The molecule has 1 fully saturated rings. The van der Waals surface area contributed by atoms with E-state index in [2.05, 4.69) is 22.8 Å². The summed E-state index contributed by atoms with van der Waals surface area (Å²) >= 11 is 0. The predicted octanol–water partition coefficient (Wildman–Crippen LogP) is 2.04. The van der Waals surface area contributed by atoms with Crippen molar-refractivity contribution < 1.29 is 4.74 Å². The Hall–Kier alpha value is -1.03. The zero-order chi connectivity index (χ0) is 12.7. The molecule has 0 amide bonds. The van der Waals surface area contributed by atoms with Crippen molar-refractivity contribution in [1.82, 2.24) is 4.90 Å². The Morgan fingerprint density at radius 3 is 2.47 bits per heavy atom. The Labute approximate surface area is 105 Å². The highest BCUT2D eigenvalue weighted by atomic mass is 16.5. The lowest BCUT2D eigenvalue weighted by Crippen LogP contribution is -2.46. The van der Waals surface area contributed by atoms with Gasteiger partial charge in [0.15, 0.2) is 0 Å². The first-order valence-electron chi connectivity index (χ1n) is 6.20. The molecule has 0 aromatic heterocycles. The molecule has 0 spiro atoms. The summed E-state index contributed by atoms with van der Waals surface area (Å²) < 4.78 is 5.51. The number of rotatable bonds is 4. The molecule has 0 N–H and O–H groups in total. The molecule has 1 aliphatic rings. The minimum atomic E-state index is -0.250. The Morgan fingerprint density at radius 1 is 1.35 bits per heavy atom. The van der Waals surface area contributed by atoms with Crippen LogP contribution in [0.4, 0.5) is 0 Å². The summed E-state index contributed by atoms with van der Waals surface area (Å²) in [5, 5.41) is 9.30. The van der Waals surface area contributed by atoms with E-state index in [9.17, 15) is 5.26 Å². The molecule has 0 bridgehead atoms. The van der Waals surface area contributed by atoms with Crippen LogP contribution in [0.2, 0.25) is 0 Å². The molecule has 0 aliphatic heterocycles. The van der Waals surface area contributed by atoms with E-state index in [4.69, 9.17) is 4.74 Å². The first kappa shape index (κ1) is 14.0. The van der Waals surface area contributed by atoms with E-state index in [1.807, 2.05) is 21.0 Å². The van der Waals surface area contributed by atoms with Crippen molar-refractivity contribution >= 4 is 0 Å². The van der Waals surface area contributed by atoms with Crippen molar-refractivity contribution in [2.45, 2.75) is 38.1 Å². The van der Waals surface area contributed by atoms with Crippen LogP contribution < -0.4 is 0 Å². The summed E-state index contributed by atoms with van der Waals surface area (Å²) in [7, 11) is 3.99. The fraction of sp³-hybridized carbons (Fsp3) is 0.786. The molecule has 1 aliphatic carbocycles. The zero-order valence-electron chi connectivity index (χ0n) is 11.1. The van der Waals surface area contributed by atoms with Gasteiger partial charge < -0.3 is 4.74 Å². The van der Waals surface area contributed by atoms with Crippen molar-refractivity contribution in [3.63, 3.8) is 0 Å². The van der Waals surface area contributed by atoms with Crippen LogP contribution in [-0.4, -0.2) is 37.7 Å². The minimum Gasteiger partial charge on any atom is -0.368 e. The van der Waals surface area contributed by atoms with E-state index >= 15 is 0 Å². The third-order valence-corrected chi connectivity index (χ3v) is 3.70. The molecule has 0 unspecified atom stereocenters. The SMILES string of the molecule is CC#CCOCC1CCC(C#N)(N(C)C)CC1. The van der Waals surface area contributed by atoms with Crippen molar-refractivity contribution in [1.29, 1.82) is 5.26 Å². The summed E-state index contributed by atoms with van der Waals surface area (Å²) in [6.45, 7) is 3.13. The minimum absolute atomic E-state index is 0.250. The summed E-state index contributed by atoms with van der Waals surface area (Å²) in [4.78, 5) is 2.06. The highest BCUT2D eigenvalue weighted by Crippen LogP contribution is 2.34. The third-order valence-electron chi connectivity index (χ3n) is 3.70. The molecular formula is C14H22N2O. The van der Waals surface area contributed by atoms with Crippen LogP contribution in [0.3, 0.4) is 0 Å². The Bertz CT molecular complexity index is 324. The van der Waals surface area contributed by atoms with Crippen molar-refractivity contribution in [2.24, 2.45) is 5.92 Å². The number of nitriles is 1. The fourth-order valence-corrected chi connectivity index (χ4v) is 2.33. The van der Waals surface area contributed by atoms with Gasteiger partial charge in [-0.2, -0.15) is 5.26 Å². The van der Waals surface area contributed by atoms with Gasteiger partial charge in [0.2, 0.25) is 0 Å². The maximum absolute atomic E-state index is 9.30. The van der Waals surface area contributed by atoms with E-state index in [0.717, 1.165) is 32.3 Å². The number of hydrogen-bond donors (Lipinski definition) is 0. The van der Waals surface area contributed by atoms with Gasteiger partial charge in [-0.1, -0.05) is 5.92 Å². The highest BCUT2D eigenvalue weighted by Gasteiger charge is 2.37. The van der Waals surface area contributed by atoms with E-state index in [-0.39, 0.29) is 5.54 Å². The maximum atomic E-state index is 9.30. The highest BCUT2D eigenvalue weighted by molar-refractivity contribution is 5.09. The van der Waals surface area contributed by atoms with Gasteiger partial charge in [-0.3, -0.25) is 4.90 Å². The summed E-state index contributed by atoms with van der Waals surface area (Å²) in [5.41, 5.74) is -0.250. The fourth-order valence-electron chi connectivity index (χ4n) is 2.33. The van der Waals surface area contributed by atoms with E-state index < -0.39 is 0 Å². The average Bonchev–Trinajstić information content (AvgIpc) is 2.35. The van der Waals surface area contributed by atoms with Crippen LogP contribution >= 0.6 is 0 Å². The van der Waals surface area contributed by atoms with Gasteiger partial charge in [-0.15, -0.1) is 5.92 Å². The van der Waals surface area contributed by atoms with Gasteiger partial charge in [-0.05, 0) is 52.6 Å². The molecule has 3 nitrogen and oxygen atoms in total. The second kappa shape index (κ2) is 6.64. The lowest BCUT2D eigenvalue weighted by molar-refractivity contribution is 0.0707. The molecule has 0 saturated heterocycles. The van der Waals surface area contributed by atoms with Crippen molar-refractivity contribution in [3.8, 4) is 17.9 Å². The van der Waals surface area contributed by atoms with Gasteiger partial charge in [0.05, 0.1) is 12.7 Å². The molecular weight excluding hydrogens is 212 g/mol. The van der Waals surface area contributed by atoms with Crippen LogP contribution in [0.1, 0.15) is 32.6 Å². The number of ether oxygens (including phenoxy) is 1. The summed E-state index contributed by atoms with van der Waals surface area (Å²) in [6, 6.07) is 2.48. The molecule has 17 heavy (non-hydrogen) atoms. The van der Waals surface area contributed by atoms with Crippen LogP contribution in [0.15, 0.2) is 0 Å². The molecule has 1 saturated carbocycles. The Kier molecular flexibility index (Phi) is 5.48. The van der Waals surface area contributed by atoms with Gasteiger partial charge in [0.25, 0.3) is 0 Å². The largest absolute Gasteiger partial charge is 0.368 e. The lowest BCUT2D eigenvalue weighted by atomic mass is 9.77. The molecule has 0 atom stereocenters. The number of hydrogen-bond acceptors (Lipinski definition) is 3. The lowest BCUT2D eigenvalue weighted by Gasteiger charge is -2.39. The quantitative estimate of drug-likeness (QED) is 0.551.